The fraction of sp³-hybridized carbons (Fsp3) is 0.133. The molecule has 1 N–H and O–H groups in total. The van der Waals surface area contributed by atoms with E-state index >= 15 is 0 Å². The van der Waals surface area contributed by atoms with Crippen LogP contribution in [0.3, 0.4) is 0 Å². The molecular formula is C15H13ClFNO. The van der Waals surface area contributed by atoms with Crippen molar-refractivity contribution in [3.05, 3.63) is 65.0 Å². The molecule has 0 bridgehead atoms. The lowest BCUT2D eigenvalue weighted by Gasteiger charge is -2.08. The van der Waals surface area contributed by atoms with Crippen molar-refractivity contribution in [1.29, 1.82) is 0 Å². The molecule has 2 rings (SSSR count). The maximum Gasteiger partial charge on any atom is 0.255 e. The lowest BCUT2D eigenvalue weighted by Crippen LogP contribution is -2.13. The van der Waals surface area contributed by atoms with Gasteiger partial charge in [-0.2, -0.15) is 0 Å². The first kappa shape index (κ1) is 13.6. The van der Waals surface area contributed by atoms with E-state index in [1.54, 1.807) is 13.0 Å². The highest BCUT2D eigenvalue weighted by Crippen LogP contribution is 2.16. The molecule has 1 amide bonds. The van der Waals surface area contributed by atoms with E-state index in [1.807, 2.05) is 18.2 Å². The Bertz CT molecular complexity index is 613. The number of aryl methyl sites for hydroxylation is 1. The van der Waals surface area contributed by atoms with Crippen LogP contribution < -0.4 is 5.32 Å². The number of nitrogens with one attached hydrogen (secondary N) is 1. The van der Waals surface area contributed by atoms with Crippen LogP contribution in [-0.4, -0.2) is 5.91 Å². The lowest BCUT2D eigenvalue weighted by atomic mass is 10.1. The van der Waals surface area contributed by atoms with E-state index in [-0.39, 0.29) is 11.7 Å². The molecule has 2 aromatic carbocycles. The number of anilines is 1. The molecule has 19 heavy (non-hydrogen) atoms. The summed E-state index contributed by atoms with van der Waals surface area (Å²) in [5.41, 5.74) is 2.66. The summed E-state index contributed by atoms with van der Waals surface area (Å²) < 4.78 is 13.0. The molecule has 2 nitrogen and oxygen atoms in total. The van der Waals surface area contributed by atoms with Gasteiger partial charge in [0.1, 0.15) is 5.82 Å². The zero-order chi connectivity index (χ0) is 13.8. The minimum absolute atomic E-state index is 0.260. The Balaban J connectivity index is 2.20. The number of alkyl halides is 1. The smallest absolute Gasteiger partial charge is 0.255 e. The number of hydrogen-bond acceptors (Lipinski definition) is 1. The highest BCUT2D eigenvalue weighted by Gasteiger charge is 2.10. The van der Waals surface area contributed by atoms with Crippen LogP contribution in [0.4, 0.5) is 10.1 Å². The molecular weight excluding hydrogens is 265 g/mol. The average molecular weight is 278 g/mol. The van der Waals surface area contributed by atoms with Crippen molar-refractivity contribution >= 4 is 23.2 Å². The van der Waals surface area contributed by atoms with E-state index in [2.05, 4.69) is 5.32 Å². The molecule has 0 aliphatic rings. The number of carbonyl (C=O) groups excluding carboxylic acids is 1. The van der Waals surface area contributed by atoms with Gasteiger partial charge < -0.3 is 5.32 Å². The van der Waals surface area contributed by atoms with Gasteiger partial charge in [0, 0.05) is 17.1 Å². The van der Waals surface area contributed by atoms with Crippen LogP contribution in [-0.2, 0) is 5.88 Å². The minimum atomic E-state index is -0.349. The van der Waals surface area contributed by atoms with Gasteiger partial charge in [0.05, 0.1) is 0 Å². The van der Waals surface area contributed by atoms with Crippen molar-refractivity contribution in [3.63, 3.8) is 0 Å². The molecule has 0 aliphatic carbocycles. The number of amides is 1. The monoisotopic (exact) mass is 277 g/mol. The Morgan fingerprint density at radius 3 is 2.74 bits per heavy atom. The van der Waals surface area contributed by atoms with Gasteiger partial charge in [-0.3, -0.25) is 4.79 Å². The third kappa shape index (κ3) is 3.32. The summed E-state index contributed by atoms with van der Waals surface area (Å²) in [6.07, 6.45) is 0. The molecule has 0 saturated carbocycles. The Morgan fingerprint density at radius 2 is 2.05 bits per heavy atom. The zero-order valence-electron chi connectivity index (χ0n) is 10.4. The van der Waals surface area contributed by atoms with Gasteiger partial charge >= 0.3 is 0 Å². The van der Waals surface area contributed by atoms with E-state index in [1.165, 1.54) is 18.2 Å². The van der Waals surface area contributed by atoms with Crippen LogP contribution in [0, 0.1) is 12.7 Å². The van der Waals surface area contributed by atoms with Gasteiger partial charge in [-0.05, 0) is 48.4 Å². The lowest BCUT2D eigenvalue weighted by molar-refractivity contribution is 0.102. The van der Waals surface area contributed by atoms with Crippen molar-refractivity contribution in [2.75, 3.05) is 5.32 Å². The third-order valence-corrected chi connectivity index (χ3v) is 3.08. The Morgan fingerprint density at radius 1 is 1.26 bits per heavy atom. The van der Waals surface area contributed by atoms with Crippen LogP contribution in [0.1, 0.15) is 21.5 Å². The first-order valence-corrected chi connectivity index (χ1v) is 6.36. The number of rotatable bonds is 3. The predicted octanol–water partition coefficient (Wildman–Crippen LogP) is 4.13. The van der Waals surface area contributed by atoms with E-state index in [4.69, 9.17) is 11.6 Å². The number of hydrogen-bond donors (Lipinski definition) is 1. The summed E-state index contributed by atoms with van der Waals surface area (Å²) >= 11 is 5.74. The van der Waals surface area contributed by atoms with E-state index in [0.717, 1.165) is 5.56 Å². The highest BCUT2D eigenvalue weighted by atomic mass is 35.5. The topological polar surface area (TPSA) is 29.1 Å². The second-order valence-corrected chi connectivity index (χ2v) is 4.51. The van der Waals surface area contributed by atoms with Crippen LogP contribution in [0.2, 0.25) is 0 Å². The SMILES string of the molecule is Cc1cc(F)ccc1C(=O)Nc1cccc(CCl)c1. The summed E-state index contributed by atoms with van der Waals surface area (Å²) in [7, 11) is 0. The summed E-state index contributed by atoms with van der Waals surface area (Å²) in [4.78, 5) is 12.1. The Hall–Kier alpha value is -1.87. The molecule has 0 aromatic heterocycles. The zero-order valence-corrected chi connectivity index (χ0v) is 11.2. The Labute approximate surface area is 116 Å². The molecule has 0 aliphatic heterocycles. The van der Waals surface area contributed by atoms with Crippen LogP contribution in [0.25, 0.3) is 0 Å². The fourth-order valence-electron chi connectivity index (χ4n) is 1.81. The van der Waals surface area contributed by atoms with Crippen LogP contribution in [0.15, 0.2) is 42.5 Å². The van der Waals surface area contributed by atoms with Crippen molar-refractivity contribution < 1.29 is 9.18 Å². The molecule has 2 aromatic rings. The maximum absolute atomic E-state index is 13.0. The van der Waals surface area contributed by atoms with Gasteiger partial charge in [-0.15, -0.1) is 11.6 Å². The third-order valence-electron chi connectivity index (χ3n) is 2.77. The normalized spacial score (nSPS) is 10.3. The van der Waals surface area contributed by atoms with E-state index in [9.17, 15) is 9.18 Å². The summed E-state index contributed by atoms with van der Waals surface area (Å²) in [5, 5.41) is 2.77. The summed E-state index contributed by atoms with van der Waals surface area (Å²) in [6, 6.07) is 11.4. The molecule has 0 fully saturated rings. The summed E-state index contributed by atoms with van der Waals surface area (Å²) in [6.45, 7) is 1.70. The molecule has 0 unspecified atom stereocenters. The second kappa shape index (κ2) is 5.85. The van der Waals surface area contributed by atoms with Gasteiger partial charge in [-0.25, -0.2) is 4.39 Å². The average Bonchev–Trinajstić information content (AvgIpc) is 2.38. The van der Waals surface area contributed by atoms with Gasteiger partial charge in [-0.1, -0.05) is 12.1 Å². The fourth-order valence-corrected chi connectivity index (χ4v) is 1.98. The number of benzene rings is 2. The molecule has 98 valence electrons. The van der Waals surface area contributed by atoms with Crippen molar-refractivity contribution in [1.82, 2.24) is 0 Å². The molecule has 0 atom stereocenters. The first-order valence-electron chi connectivity index (χ1n) is 5.82. The van der Waals surface area contributed by atoms with Crippen molar-refractivity contribution in [2.45, 2.75) is 12.8 Å². The predicted molar refractivity (Wildman–Crippen MR) is 75.1 cm³/mol. The maximum atomic E-state index is 13.0. The van der Waals surface area contributed by atoms with Crippen LogP contribution in [0.5, 0.6) is 0 Å². The van der Waals surface area contributed by atoms with Gasteiger partial charge in [0.15, 0.2) is 0 Å². The van der Waals surface area contributed by atoms with Crippen LogP contribution >= 0.6 is 11.6 Å². The molecule has 0 saturated heterocycles. The van der Waals surface area contributed by atoms with Gasteiger partial charge in [0.25, 0.3) is 5.91 Å². The molecule has 0 radical (unpaired) electrons. The number of carbonyl (C=O) groups is 1. The Kier molecular flexibility index (Phi) is 4.17. The van der Waals surface area contributed by atoms with E-state index in [0.29, 0.717) is 22.7 Å². The van der Waals surface area contributed by atoms with E-state index < -0.39 is 0 Å². The molecule has 0 spiro atoms. The molecule has 0 heterocycles. The van der Waals surface area contributed by atoms with Crippen molar-refractivity contribution in [3.8, 4) is 0 Å². The van der Waals surface area contributed by atoms with Gasteiger partial charge in [0.2, 0.25) is 0 Å². The first-order chi connectivity index (χ1) is 9.10. The molecule has 4 heteroatoms. The van der Waals surface area contributed by atoms with Crippen molar-refractivity contribution in [2.24, 2.45) is 0 Å². The second-order valence-electron chi connectivity index (χ2n) is 4.25. The standard InChI is InChI=1S/C15H13ClFNO/c1-10-7-12(17)5-6-14(10)15(19)18-13-4-2-3-11(8-13)9-16/h2-8H,9H2,1H3,(H,18,19). The largest absolute Gasteiger partial charge is 0.322 e. The summed E-state index contributed by atoms with van der Waals surface area (Å²) in [5.74, 6) is -0.221. The number of halogens is 2. The quantitative estimate of drug-likeness (QED) is 0.840. The minimum Gasteiger partial charge on any atom is -0.322 e. The highest BCUT2D eigenvalue weighted by molar-refractivity contribution is 6.17.